The molecule has 19 heavy (non-hydrogen) atoms. The molecule has 0 atom stereocenters. The van der Waals surface area contributed by atoms with Crippen molar-refractivity contribution >= 4 is 21.4 Å². The van der Waals surface area contributed by atoms with Crippen LogP contribution in [-0.2, 0) is 16.4 Å². The molecular weight excluding hydrogens is 264 g/mol. The Morgan fingerprint density at radius 3 is 3.00 bits per heavy atom. The first-order chi connectivity index (χ1) is 9.17. The summed E-state index contributed by atoms with van der Waals surface area (Å²) in [5, 5.41) is 9.41. The SMILES string of the molecule is O=S(=O)(Nc1cccc2c1NCCC2)c1cn[nH]c1. The highest BCUT2D eigenvalue weighted by Crippen LogP contribution is 2.31. The monoisotopic (exact) mass is 278 g/mol. The van der Waals surface area contributed by atoms with Crippen LogP contribution in [0.1, 0.15) is 12.0 Å². The van der Waals surface area contributed by atoms with Gasteiger partial charge in [0.25, 0.3) is 10.0 Å². The van der Waals surface area contributed by atoms with E-state index < -0.39 is 10.0 Å². The lowest BCUT2D eigenvalue weighted by Gasteiger charge is -2.21. The Morgan fingerprint density at radius 1 is 1.32 bits per heavy atom. The molecule has 3 rings (SSSR count). The maximum absolute atomic E-state index is 12.1. The lowest BCUT2D eigenvalue weighted by atomic mass is 10.0. The van der Waals surface area contributed by atoms with Crippen LogP contribution in [0.3, 0.4) is 0 Å². The summed E-state index contributed by atoms with van der Waals surface area (Å²) in [6, 6.07) is 5.63. The average Bonchev–Trinajstić information content (AvgIpc) is 2.93. The Labute approximate surface area is 111 Å². The van der Waals surface area contributed by atoms with Crippen LogP contribution < -0.4 is 10.0 Å². The maximum atomic E-state index is 12.1. The summed E-state index contributed by atoms with van der Waals surface area (Å²) in [5.74, 6) is 0. The van der Waals surface area contributed by atoms with Crippen molar-refractivity contribution in [3.63, 3.8) is 0 Å². The predicted octanol–water partition coefficient (Wildman–Crippen LogP) is 1.57. The molecule has 2 heterocycles. The van der Waals surface area contributed by atoms with E-state index in [1.165, 1.54) is 12.4 Å². The summed E-state index contributed by atoms with van der Waals surface area (Å²) in [4.78, 5) is 0.126. The fourth-order valence-electron chi connectivity index (χ4n) is 2.18. The number of aryl methyl sites for hydroxylation is 1. The molecule has 0 aliphatic carbocycles. The Balaban J connectivity index is 1.96. The van der Waals surface area contributed by atoms with Crippen molar-refractivity contribution in [2.45, 2.75) is 17.7 Å². The number of para-hydroxylation sites is 1. The molecule has 0 bridgehead atoms. The van der Waals surface area contributed by atoms with Crippen molar-refractivity contribution in [3.05, 3.63) is 36.2 Å². The number of nitrogens with one attached hydrogen (secondary N) is 3. The molecule has 1 aromatic carbocycles. The zero-order valence-corrected chi connectivity index (χ0v) is 11.0. The van der Waals surface area contributed by atoms with Gasteiger partial charge in [0, 0.05) is 12.7 Å². The quantitative estimate of drug-likeness (QED) is 0.795. The highest BCUT2D eigenvalue weighted by molar-refractivity contribution is 7.92. The second-order valence-electron chi connectivity index (χ2n) is 4.41. The third-order valence-electron chi connectivity index (χ3n) is 3.10. The van der Waals surface area contributed by atoms with E-state index in [0.717, 1.165) is 30.6 Å². The number of sulfonamides is 1. The molecule has 0 amide bonds. The first-order valence-corrected chi connectivity index (χ1v) is 7.52. The van der Waals surface area contributed by atoms with Crippen molar-refractivity contribution in [1.29, 1.82) is 0 Å². The highest BCUT2D eigenvalue weighted by Gasteiger charge is 2.19. The van der Waals surface area contributed by atoms with E-state index in [1.807, 2.05) is 12.1 Å². The van der Waals surface area contributed by atoms with E-state index in [2.05, 4.69) is 20.2 Å². The summed E-state index contributed by atoms with van der Waals surface area (Å²) in [7, 11) is -3.59. The minimum Gasteiger partial charge on any atom is -0.383 e. The van der Waals surface area contributed by atoms with Crippen molar-refractivity contribution in [2.24, 2.45) is 0 Å². The van der Waals surface area contributed by atoms with Gasteiger partial charge in [-0.1, -0.05) is 12.1 Å². The van der Waals surface area contributed by atoms with Crippen LogP contribution >= 0.6 is 0 Å². The lowest BCUT2D eigenvalue weighted by Crippen LogP contribution is -2.17. The van der Waals surface area contributed by atoms with E-state index in [0.29, 0.717) is 5.69 Å². The third-order valence-corrected chi connectivity index (χ3v) is 4.44. The number of benzene rings is 1. The summed E-state index contributed by atoms with van der Waals surface area (Å²) in [6.07, 6.45) is 4.66. The maximum Gasteiger partial charge on any atom is 0.265 e. The first kappa shape index (κ1) is 12.0. The van der Waals surface area contributed by atoms with Crippen molar-refractivity contribution < 1.29 is 8.42 Å². The van der Waals surface area contributed by atoms with Gasteiger partial charge in [-0.25, -0.2) is 8.42 Å². The number of hydrogen-bond acceptors (Lipinski definition) is 4. The van der Waals surface area contributed by atoms with Gasteiger partial charge >= 0.3 is 0 Å². The number of aromatic nitrogens is 2. The van der Waals surface area contributed by atoms with Gasteiger partial charge in [0.05, 0.1) is 17.6 Å². The number of anilines is 2. The molecule has 0 unspecified atom stereocenters. The van der Waals surface area contributed by atoms with Crippen LogP contribution in [0.2, 0.25) is 0 Å². The smallest absolute Gasteiger partial charge is 0.265 e. The van der Waals surface area contributed by atoms with Gasteiger partial charge in [0.1, 0.15) is 4.90 Å². The fourth-order valence-corrected chi connectivity index (χ4v) is 3.16. The molecule has 0 saturated carbocycles. The van der Waals surface area contributed by atoms with E-state index in [-0.39, 0.29) is 4.90 Å². The van der Waals surface area contributed by atoms with Gasteiger partial charge in [0.15, 0.2) is 0 Å². The van der Waals surface area contributed by atoms with Crippen LogP contribution in [0.15, 0.2) is 35.5 Å². The molecule has 0 fully saturated rings. The summed E-state index contributed by atoms with van der Waals surface area (Å²) >= 11 is 0. The minimum atomic E-state index is -3.59. The molecule has 1 aliphatic heterocycles. The van der Waals surface area contributed by atoms with Gasteiger partial charge in [-0.3, -0.25) is 9.82 Å². The molecule has 3 N–H and O–H groups in total. The second-order valence-corrected chi connectivity index (χ2v) is 6.09. The molecule has 6 nitrogen and oxygen atoms in total. The molecule has 7 heteroatoms. The molecule has 1 aromatic heterocycles. The lowest BCUT2D eigenvalue weighted by molar-refractivity contribution is 0.601. The zero-order chi connectivity index (χ0) is 13.3. The summed E-state index contributed by atoms with van der Waals surface area (Å²) in [6.45, 7) is 0.859. The number of rotatable bonds is 3. The fraction of sp³-hybridized carbons (Fsp3) is 0.250. The standard InChI is InChI=1S/C12H14N4O2S/c17-19(18,10-7-14-15-8-10)16-11-5-1-3-9-4-2-6-13-12(9)11/h1,3,5,7-8,13,16H,2,4,6H2,(H,14,15). The number of nitrogens with zero attached hydrogens (tertiary/aromatic N) is 1. The van der Waals surface area contributed by atoms with Crippen LogP contribution in [0.5, 0.6) is 0 Å². The largest absolute Gasteiger partial charge is 0.383 e. The van der Waals surface area contributed by atoms with Crippen LogP contribution in [0, 0.1) is 0 Å². The molecule has 1 aliphatic rings. The van der Waals surface area contributed by atoms with Gasteiger partial charge in [0.2, 0.25) is 0 Å². The van der Waals surface area contributed by atoms with E-state index >= 15 is 0 Å². The van der Waals surface area contributed by atoms with Crippen LogP contribution in [0.4, 0.5) is 11.4 Å². The van der Waals surface area contributed by atoms with Crippen molar-refractivity contribution in [1.82, 2.24) is 10.2 Å². The predicted molar refractivity (Wildman–Crippen MR) is 72.6 cm³/mol. The van der Waals surface area contributed by atoms with Crippen LogP contribution in [-0.4, -0.2) is 25.2 Å². The van der Waals surface area contributed by atoms with E-state index in [9.17, 15) is 8.42 Å². The van der Waals surface area contributed by atoms with Crippen molar-refractivity contribution in [2.75, 3.05) is 16.6 Å². The summed E-state index contributed by atoms with van der Waals surface area (Å²) < 4.78 is 26.9. The highest BCUT2D eigenvalue weighted by atomic mass is 32.2. The number of aromatic amines is 1. The van der Waals surface area contributed by atoms with Crippen LogP contribution in [0.25, 0.3) is 0 Å². The molecular formula is C12H14N4O2S. The number of H-pyrrole nitrogens is 1. The topological polar surface area (TPSA) is 86.9 Å². The first-order valence-electron chi connectivity index (χ1n) is 6.04. The summed E-state index contributed by atoms with van der Waals surface area (Å²) in [5.41, 5.74) is 2.60. The van der Waals surface area contributed by atoms with E-state index in [4.69, 9.17) is 0 Å². The Hall–Kier alpha value is -2.02. The molecule has 0 saturated heterocycles. The normalized spacial score (nSPS) is 14.5. The molecule has 100 valence electrons. The molecule has 0 spiro atoms. The van der Waals surface area contributed by atoms with Gasteiger partial charge in [-0.15, -0.1) is 0 Å². The Morgan fingerprint density at radius 2 is 2.21 bits per heavy atom. The van der Waals surface area contributed by atoms with E-state index in [1.54, 1.807) is 6.07 Å². The average molecular weight is 278 g/mol. The minimum absolute atomic E-state index is 0.126. The van der Waals surface area contributed by atoms with Crippen molar-refractivity contribution in [3.8, 4) is 0 Å². The zero-order valence-electron chi connectivity index (χ0n) is 10.2. The molecule has 0 radical (unpaired) electrons. The third kappa shape index (κ3) is 2.28. The number of hydrogen-bond donors (Lipinski definition) is 3. The molecule has 2 aromatic rings. The van der Waals surface area contributed by atoms with Gasteiger partial charge in [-0.05, 0) is 24.5 Å². The number of fused-ring (bicyclic) bond motifs is 1. The van der Waals surface area contributed by atoms with Gasteiger partial charge < -0.3 is 5.32 Å². The van der Waals surface area contributed by atoms with Gasteiger partial charge in [-0.2, -0.15) is 5.10 Å². The Kier molecular flexibility index (Phi) is 2.90. The Bertz CT molecular complexity index is 680. The second kappa shape index (κ2) is 4.58.